The fourth-order valence-corrected chi connectivity index (χ4v) is 7.89. The fourth-order valence-electron chi connectivity index (χ4n) is 7.89. The van der Waals surface area contributed by atoms with Gasteiger partial charge in [-0.1, -0.05) is 32.9 Å². The Bertz CT molecular complexity index is 1540. The molecule has 3 aromatic rings. The first-order valence-corrected chi connectivity index (χ1v) is 15.8. The van der Waals surface area contributed by atoms with Crippen LogP contribution in [0.1, 0.15) is 59.1 Å². The summed E-state index contributed by atoms with van der Waals surface area (Å²) in [6.07, 6.45) is 4.34. The molecule has 1 aliphatic heterocycles. The normalized spacial score (nSPS) is 29.3. The zero-order chi connectivity index (χ0) is 30.5. The average molecular weight is 589 g/mol. The highest BCUT2D eigenvalue weighted by atomic mass is 19.1. The number of guanidine groups is 1. The third-order valence-corrected chi connectivity index (χ3v) is 10.5. The van der Waals surface area contributed by atoms with E-state index in [0.717, 1.165) is 42.6 Å². The van der Waals surface area contributed by atoms with Gasteiger partial charge in [0.15, 0.2) is 5.96 Å². The van der Waals surface area contributed by atoms with Crippen molar-refractivity contribution < 1.29 is 9.50 Å². The number of aliphatic hydroxyl groups excluding tert-OH is 1. The molecule has 1 saturated heterocycles. The SMILES string of the molecule is C[C@@H]1[C@@H](N=C(Nc2ccc3c(=O)n([C@H](CO)Cc4ccc(F)cc4)cnc3c2)N2C[C@@H](C)N[C@@H](C)C2)C[C@@H]2C[C@H]1C2(C)C. The number of aliphatic imine (C=N–C) groups is 1. The largest absolute Gasteiger partial charge is 0.394 e. The fraction of sp³-hybridized carbons (Fsp3) is 0.559. The van der Waals surface area contributed by atoms with Crippen LogP contribution in [0.15, 0.2) is 58.6 Å². The Morgan fingerprint density at radius 3 is 2.51 bits per heavy atom. The molecule has 3 aliphatic carbocycles. The van der Waals surface area contributed by atoms with Gasteiger partial charge in [-0.2, -0.15) is 0 Å². The van der Waals surface area contributed by atoms with E-state index in [4.69, 9.17) is 4.99 Å². The first kappa shape index (κ1) is 29.8. The minimum Gasteiger partial charge on any atom is -0.394 e. The maximum absolute atomic E-state index is 13.5. The van der Waals surface area contributed by atoms with Crippen molar-refractivity contribution in [1.29, 1.82) is 0 Å². The summed E-state index contributed by atoms with van der Waals surface area (Å²) in [6.45, 7) is 13.1. The molecule has 9 heteroatoms. The Morgan fingerprint density at radius 2 is 1.86 bits per heavy atom. The third-order valence-electron chi connectivity index (χ3n) is 10.5. The van der Waals surface area contributed by atoms with Gasteiger partial charge in [-0.15, -0.1) is 0 Å². The highest BCUT2D eigenvalue weighted by molar-refractivity contribution is 5.96. The Labute approximate surface area is 253 Å². The van der Waals surface area contributed by atoms with Gasteiger partial charge < -0.3 is 20.6 Å². The van der Waals surface area contributed by atoms with E-state index in [2.05, 4.69) is 55.1 Å². The summed E-state index contributed by atoms with van der Waals surface area (Å²) < 4.78 is 14.8. The van der Waals surface area contributed by atoms with Gasteiger partial charge >= 0.3 is 0 Å². The van der Waals surface area contributed by atoms with Crippen molar-refractivity contribution in [3.63, 3.8) is 0 Å². The number of fused-ring (bicyclic) bond motifs is 3. The molecular formula is C34H45FN6O2. The molecule has 2 bridgehead atoms. The van der Waals surface area contributed by atoms with Crippen LogP contribution >= 0.6 is 0 Å². The lowest BCUT2D eigenvalue weighted by molar-refractivity contribution is -0.108. The Kier molecular flexibility index (Phi) is 8.07. The molecule has 7 atom stereocenters. The lowest BCUT2D eigenvalue weighted by Gasteiger charge is -2.61. The molecule has 2 aromatic carbocycles. The maximum Gasteiger partial charge on any atom is 0.261 e. The minimum absolute atomic E-state index is 0.214. The van der Waals surface area contributed by atoms with Crippen LogP contribution in [0.5, 0.6) is 0 Å². The molecule has 0 amide bonds. The van der Waals surface area contributed by atoms with Gasteiger partial charge in [0.05, 0.1) is 35.9 Å². The molecule has 0 spiro atoms. The minimum atomic E-state index is -0.503. The highest BCUT2D eigenvalue weighted by Crippen LogP contribution is 2.61. The molecular weight excluding hydrogens is 543 g/mol. The number of hydrogen-bond donors (Lipinski definition) is 3. The zero-order valence-electron chi connectivity index (χ0n) is 25.9. The predicted octanol–water partition coefficient (Wildman–Crippen LogP) is 4.83. The van der Waals surface area contributed by atoms with Crippen molar-refractivity contribution >= 4 is 22.5 Å². The molecule has 1 aromatic heterocycles. The predicted molar refractivity (Wildman–Crippen MR) is 170 cm³/mol. The molecule has 7 rings (SSSR count). The molecule has 0 radical (unpaired) electrons. The Balaban J connectivity index is 1.27. The number of benzene rings is 2. The third kappa shape index (κ3) is 5.81. The first-order valence-electron chi connectivity index (χ1n) is 15.8. The number of nitrogens with zero attached hydrogens (tertiary/aromatic N) is 4. The second-order valence-electron chi connectivity index (χ2n) is 13.8. The number of rotatable bonds is 6. The summed E-state index contributed by atoms with van der Waals surface area (Å²) in [5.74, 6) is 2.53. The van der Waals surface area contributed by atoms with E-state index in [1.54, 1.807) is 18.2 Å². The van der Waals surface area contributed by atoms with Crippen molar-refractivity contribution in [3.05, 3.63) is 70.5 Å². The van der Waals surface area contributed by atoms with Crippen LogP contribution in [0.4, 0.5) is 10.1 Å². The van der Waals surface area contributed by atoms with Crippen molar-refractivity contribution in [1.82, 2.24) is 19.8 Å². The second kappa shape index (κ2) is 11.7. The summed E-state index contributed by atoms with van der Waals surface area (Å²) in [6, 6.07) is 12.2. The van der Waals surface area contributed by atoms with Crippen molar-refractivity contribution in [2.24, 2.45) is 28.2 Å². The number of aromatic nitrogens is 2. The van der Waals surface area contributed by atoms with E-state index in [9.17, 15) is 14.3 Å². The average Bonchev–Trinajstić information content (AvgIpc) is 2.97. The number of halogens is 1. The molecule has 4 fully saturated rings. The molecule has 8 nitrogen and oxygen atoms in total. The van der Waals surface area contributed by atoms with Crippen molar-refractivity contribution in [3.8, 4) is 0 Å². The van der Waals surface area contributed by atoms with Gasteiger partial charge in [0.2, 0.25) is 0 Å². The van der Waals surface area contributed by atoms with Crippen LogP contribution in [0, 0.1) is 29.0 Å². The van der Waals surface area contributed by atoms with Gasteiger partial charge in [0, 0.05) is 30.9 Å². The van der Waals surface area contributed by atoms with E-state index < -0.39 is 6.04 Å². The number of aliphatic hydroxyl groups is 1. The molecule has 0 unspecified atom stereocenters. The van der Waals surface area contributed by atoms with Crippen LogP contribution in [0.25, 0.3) is 10.9 Å². The van der Waals surface area contributed by atoms with Crippen LogP contribution in [0.2, 0.25) is 0 Å². The number of anilines is 1. The molecule has 43 heavy (non-hydrogen) atoms. The van der Waals surface area contributed by atoms with E-state index in [-0.39, 0.29) is 24.0 Å². The van der Waals surface area contributed by atoms with E-state index in [0.29, 0.717) is 46.7 Å². The van der Waals surface area contributed by atoms with Gasteiger partial charge in [-0.25, -0.2) is 14.4 Å². The molecule has 3 saturated carbocycles. The molecule has 2 heterocycles. The van der Waals surface area contributed by atoms with E-state index >= 15 is 0 Å². The van der Waals surface area contributed by atoms with E-state index in [1.807, 2.05) is 12.1 Å². The van der Waals surface area contributed by atoms with Gasteiger partial charge in [0.1, 0.15) is 5.82 Å². The molecule has 4 aliphatic rings. The number of hydrogen-bond acceptors (Lipinski definition) is 5. The van der Waals surface area contributed by atoms with Gasteiger partial charge in [0.25, 0.3) is 5.56 Å². The van der Waals surface area contributed by atoms with Crippen LogP contribution < -0.4 is 16.2 Å². The summed E-state index contributed by atoms with van der Waals surface area (Å²) in [5.41, 5.74) is 2.45. The standard InChI is InChI=1S/C34H45FN6O2/c1-20-16-40(17-21(2)37-20)33(39-30-14-24-13-29(22(30)3)34(24,4)5)38-26-10-11-28-31(15-26)36-19-41(32(28)43)27(18-42)12-23-6-8-25(35)9-7-23/h6-11,15,19-22,24,27,29-30,37,42H,12-14,16-18H2,1-5H3,(H,38,39)/t20-,21+,22-,24-,27-,29+,30-/m0/s1. The van der Waals surface area contributed by atoms with Crippen molar-refractivity contribution in [2.75, 3.05) is 25.0 Å². The Morgan fingerprint density at radius 1 is 1.14 bits per heavy atom. The monoisotopic (exact) mass is 588 g/mol. The number of nitrogens with one attached hydrogen (secondary N) is 2. The van der Waals surface area contributed by atoms with Crippen LogP contribution in [-0.4, -0.2) is 63.3 Å². The molecule has 230 valence electrons. The summed E-state index contributed by atoms with van der Waals surface area (Å²) in [4.78, 5) is 25.9. The zero-order valence-corrected chi connectivity index (χ0v) is 25.9. The smallest absolute Gasteiger partial charge is 0.261 e. The molecule has 3 N–H and O–H groups in total. The Hall–Kier alpha value is -3.30. The van der Waals surface area contributed by atoms with Gasteiger partial charge in [-0.3, -0.25) is 9.36 Å². The van der Waals surface area contributed by atoms with Gasteiger partial charge in [-0.05, 0) is 92.2 Å². The van der Waals surface area contributed by atoms with Crippen LogP contribution in [-0.2, 0) is 6.42 Å². The lowest BCUT2D eigenvalue weighted by Crippen LogP contribution is -2.59. The van der Waals surface area contributed by atoms with Crippen molar-refractivity contribution in [2.45, 2.75) is 78.0 Å². The highest BCUT2D eigenvalue weighted by Gasteiger charge is 2.56. The summed E-state index contributed by atoms with van der Waals surface area (Å²) in [7, 11) is 0. The lowest BCUT2D eigenvalue weighted by atomic mass is 9.45. The van der Waals surface area contributed by atoms with Crippen LogP contribution in [0.3, 0.4) is 0 Å². The topological polar surface area (TPSA) is 94.8 Å². The van der Waals surface area contributed by atoms with E-state index in [1.165, 1.54) is 29.4 Å². The second-order valence-corrected chi connectivity index (χ2v) is 13.8. The summed E-state index contributed by atoms with van der Waals surface area (Å²) in [5, 5.41) is 17.8. The number of piperazine rings is 1. The summed E-state index contributed by atoms with van der Waals surface area (Å²) >= 11 is 0. The quantitative estimate of drug-likeness (QED) is 0.282. The first-order chi connectivity index (χ1) is 20.5. The maximum atomic E-state index is 13.5.